The molecule has 0 saturated heterocycles. The molecule has 0 rings (SSSR count). The van der Waals surface area contributed by atoms with E-state index in [1.165, 1.54) is 0 Å². The van der Waals surface area contributed by atoms with Crippen molar-refractivity contribution in [1.29, 1.82) is 0 Å². The zero-order valence-electron chi connectivity index (χ0n) is 11.3. The van der Waals surface area contributed by atoms with E-state index in [9.17, 15) is 4.79 Å². The number of rotatable bonds is 7. The van der Waals surface area contributed by atoms with Gasteiger partial charge in [-0.05, 0) is 19.8 Å². The molecule has 0 aliphatic rings. The molecule has 0 bridgehead atoms. The lowest BCUT2D eigenvalue weighted by Gasteiger charge is -2.33. The highest BCUT2D eigenvalue weighted by molar-refractivity contribution is 5.74. The molecule has 0 heterocycles. The van der Waals surface area contributed by atoms with Crippen molar-refractivity contribution in [1.82, 2.24) is 9.80 Å². The number of ether oxygens (including phenoxy) is 1. The predicted octanol–water partition coefficient (Wildman–Crippen LogP) is 2.20. The first-order chi connectivity index (χ1) is 7.62. The van der Waals surface area contributed by atoms with Crippen molar-refractivity contribution in [2.24, 2.45) is 0 Å². The number of nitrogens with zero attached hydrogens (tertiary/aromatic N) is 2. The van der Waals surface area contributed by atoms with Gasteiger partial charge in [-0.3, -0.25) is 0 Å². The molecule has 0 radical (unpaired) electrons. The van der Waals surface area contributed by atoms with E-state index in [0.717, 1.165) is 19.4 Å². The van der Waals surface area contributed by atoms with Crippen LogP contribution in [0.15, 0.2) is 0 Å². The minimum Gasteiger partial charge on any atom is -0.383 e. The molecule has 0 unspecified atom stereocenters. The zero-order chi connectivity index (χ0) is 12.6. The van der Waals surface area contributed by atoms with Crippen LogP contribution in [0.2, 0.25) is 0 Å². The van der Waals surface area contributed by atoms with Gasteiger partial charge in [-0.2, -0.15) is 0 Å². The number of carbonyl (C=O) groups excluding carboxylic acids is 1. The Balaban J connectivity index is 4.56. The minimum atomic E-state index is 0.105. The summed E-state index contributed by atoms with van der Waals surface area (Å²) < 4.78 is 5.06. The van der Waals surface area contributed by atoms with Crippen LogP contribution < -0.4 is 0 Å². The van der Waals surface area contributed by atoms with Crippen LogP contribution in [-0.4, -0.2) is 55.7 Å². The van der Waals surface area contributed by atoms with Gasteiger partial charge in [0.2, 0.25) is 0 Å². The Morgan fingerprint density at radius 3 is 2.19 bits per heavy atom. The highest BCUT2D eigenvalue weighted by atomic mass is 16.5. The Morgan fingerprint density at radius 2 is 1.81 bits per heavy atom. The van der Waals surface area contributed by atoms with Gasteiger partial charge in [0.1, 0.15) is 0 Å². The molecule has 0 aromatic carbocycles. The van der Waals surface area contributed by atoms with Gasteiger partial charge in [-0.1, -0.05) is 13.8 Å². The molecule has 2 amide bonds. The van der Waals surface area contributed by atoms with Crippen molar-refractivity contribution in [3.63, 3.8) is 0 Å². The van der Waals surface area contributed by atoms with Crippen LogP contribution in [0.1, 0.15) is 33.6 Å². The zero-order valence-corrected chi connectivity index (χ0v) is 11.3. The van der Waals surface area contributed by atoms with E-state index >= 15 is 0 Å². The van der Waals surface area contributed by atoms with E-state index in [4.69, 9.17) is 4.74 Å². The van der Waals surface area contributed by atoms with Crippen LogP contribution in [0.3, 0.4) is 0 Å². The molecule has 0 aromatic rings. The third kappa shape index (κ3) is 4.39. The van der Waals surface area contributed by atoms with Crippen LogP contribution >= 0.6 is 0 Å². The van der Waals surface area contributed by atoms with Crippen molar-refractivity contribution >= 4 is 6.03 Å². The summed E-state index contributed by atoms with van der Waals surface area (Å²) in [5.41, 5.74) is 0. The molecular weight excluding hydrogens is 204 g/mol. The first kappa shape index (κ1) is 15.2. The number of methoxy groups -OCH3 is 1. The smallest absolute Gasteiger partial charge is 0.320 e. The van der Waals surface area contributed by atoms with Crippen molar-refractivity contribution in [3.8, 4) is 0 Å². The minimum absolute atomic E-state index is 0.105. The second kappa shape index (κ2) is 8.39. The fraction of sp³-hybridized carbons (Fsp3) is 0.917. The molecule has 0 aliphatic heterocycles. The van der Waals surface area contributed by atoms with E-state index in [-0.39, 0.29) is 6.03 Å². The first-order valence-electron chi connectivity index (χ1n) is 6.12. The fourth-order valence-electron chi connectivity index (χ4n) is 1.71. The SMILES string of the molecule is CCC(CC)N(CCOC)C(=O)N(C)CC. The number of urea groups is 1. The summed E-state index contributed by atoms with van der Waals surface area (Å²) in [6.07, 6.45) is 1.98. The molecule has 0 atom stereocenters. The van der Waals surface area contributed by atoms with Gasteiger partial charge in [0.15, 0.2) is 0 Å². The standard InChI is InChI=1S/C12H26N2O2/c1-6-11(7-2)14(9-10-16-5)12(15)13(4)8-3/h11H,6-10H2,1-5H3. The summed E-state index contributed by atoms with van der Waals surface area (Å²) >= 11 is 0. The molecule has 0 spiro atoms. The topological polar surface area (TPSA) is 32.8 Å². The summed E-state index contributed by atoms with van der Waals surface area (Å²) in [6.45, 7) is 8.23. The molecule has 0 N–H and O–H groups in total. The molecule has 0 aliphatic carbocycles. The molecule has 0 saturated carbocycles. The second-order valence-electron chi connectivity index (χ2n) is 3.95. The van der Waals surface area contributed by atoms with E-state index < -0.39 is 0 Å². The highest BCUT2D eigenvalue weighted by Gasteiger charge is 2.22. The van der Waals surface area contributed by atoms with Gasteiger partial charge < -0.3 is 14.5 Å². The predicted molar refractivity (Wildman–Crippen MR) is 66.7 cm³/mol. The van der Waals surface area contributed by atoms with Crippen molar-refractivity contribution in [2.45, 2.75) is 39.7 Å². The average Bonchev–Trinajstić information content (AvgIpc) is 2.32. The Labute approximate surface area is 99.5 Å². The Hall–Kier alpha value is -0.770. The molecule has 16 heavy (non-hydrogen) atoms. The molecule has 4 nitrogen and oxygen atoms in total. The van der Waals surface area contributed by atoms with Crippen LogP contribution in [0.25, 0.3) is 0 Å². The van der Waals surface area contributed by atoms with Crippen LogP contribution in [-0.2, 0) is 4.74 Å². The van der Waals surface area contributed by atoms with Crippen molar-refractivity contribution < 1.29 is 9.53 Å². The Kier molecular flexibility index (Phi) is 7.99. The van der Waals surface area contributed by atoms with Gasteiger partial charge in [0.25, 0.3) is 0 Å². The summed E-state index contributed by atoms with van der Waals surface area (Å²) in [6, 6.07) is 0.421. The lowest BCUT2D eigenvalue weighted by atomic mass is 10.1. The highest BCUT2D eigenvalue weighted by Crippen LogP contribution is 2.10. The van der Waals surface area contributed by atoms with Crippen LogP contribution in [0, 0.1) is 0 Å². The Bertz CT molecular complexity index is 193. The van der Waals surface area contributed by atoms with Crippen molar-refractivity contribution in [2.75, 3.05) is 33.9 Å². The summed E-state index contributed by atoms with van der Waals surface area (Å²) in [7, 11) is 3.50. The lowest BCUT2D eigenvalue weighted by molar-refractivity contribution is 0.108. The lowest BCUT2D eigenvalue weighted by Crippen LogP contribution is -2.47. The van der Waals surface area contributed by atoms with Gasteiger partial charge in [-0.15, -0.1) is 0 Å². The molecule has 96 valence electrons. The molecule has 0 aromatic heterocycles. The first-order valence-corrected chi connectivity index (χ1v) is 6.12. The summed E-state index contributed by atoms with van der Waals surface area (Å²) in [5.74, 6) is 0. The van der Waals surface area contributed by atoms with Gasteiger partial charge >= 0.3 is 6.03 Å². The van der Waals surface area contributed by atoms with Gasteiger partial charge in [0, 0.05) is 33.3 Å². The summed E-state index contributed by atoms with van der Waals surface area (Å²) in [4.78, 5) is 15.8. The largest absolute Gasteiger partial charge is 0.383 e. The Morgan fingerprint density at radius 1 is 1.25 bits per heavy atom. The maximum Gasteiger partial charge on any atom is 0.320 e. The fourth-order valence-corrected chi connectivity index (χ4v) is 1.71. The van der Waals surface area contributed by atoms with E-state index in [0.29, 0.717) is 19.2 Å². The second-order valence-corrected chi connectivity index (χ2v) is 3.95. The van der Waals surface area contributed by atoms with Crippen molar-refractivity contribution in [3.05, 3.63) is 0 Å². The summed E-state index contributed by atoms with van der Waals surface area (Å²) in [5, 5.41) is 0. The molecule has 4 heteroatoms. The van der Waals surface area contributed by atoms with Gasteiger partial charge in [-0.25, -0.2) is 4.79 Å². The normalized spacial score (nSPS) is 10.6. The number of amides is 2. The van der Waals surface area contributed by atoms with E-state index in [1.807, 2.05) is 18.9 Å². The maximum atomic E-state index is 12.1. The third-order valence-corrected chi connectivity index (χ3v) is 2.97. The quantitative estimate of drug-likeness (QED) is 0.671. The third-order valence-electron chi connectivity index (χ3n) is 2.97. The molecular formula is C12H26N2O2. The number of hydrogen-bond donors (Lipinski definition) is 0. The van der Waals surface area contributed by atoms with Gasteiger partial charge in [0.05, 0.1) is 6.61 Å². The maximum absolute atomic E-state index is 12.1. The van der Waals surface area contributed by atoms with Crippen LogP contribution in [0.5, 0.6) is 0 Å². The van der Waals surface area contributed by atoms with E-state index in [1.54, 1.807) is 12.0 Å². The average molecular weight is 230 g/mol. The monoisotopic (exact) mass is 230 g/mol. The number of hydrogen-bond acceptors (Lipinski definition) is 2. The van der Waals surface area contributed by atoms with E-state index in [2.05, 4.69) is 13.8 Å². The molecule has 0 fully saturated rings. The van der Waals surface area contributed by atoms with Crippen LogP contribution in [0.4, 0.5) is 4.79 Å². The number of carbonyl (C=O) groups is 1.